The van der Waals surface area contributed by atoms with Gasteiger partial charge in [0.15, 0.2) is 0 Å². The molecule has 1 N–H and O–H groups in total. The minimum Gasteiger partial charge on any atom is -0.335 e. The summed E-state index contributed by atoms with van der Waals surface area (Å²) in [7, 11) is 0. The highest BCUT2D eigenvalue weighted by Crippen LogP contribution is 2.35. The van der Waals surface area contributed by atoms with E-state index in [0.717, 1.165) is 36.9 Å². The second kappa shape index (κ2) is 5.86. The summed E-state index contributed by atoms with van der Waals surface area (Å²) in [5, 5.41) is 3.26. The van der Waals surface area contributed by atoms with Crippen molar-refractivity contribution < 1.29 is 4.79 Å². The molecule has 4 heteroatoms. The number of amides is 1. The van der Waals surface area contributed by atoms with Crippen molar-refractivity contribution in [2.24, 2.45) is 11.8 Å². The molecule has 2 aliphatic rings. The first-order chi connectivity index (χ1) is 9.66. The van der Waals surface area contributed by atoms with Crippen LogP contribution in [-0.2, 0) is 4.79 Å². The molecule has 2 fully saturated rings. The topological polar surface area (TPSA) is 32.3 Å². The maximum Gasteiger partial charge on any atom is 0.226 e. The van der Waals surface area contributed by atoms with Crippen LogP contribution in [0.15, 0.2) is 28.7 Å². The zero-order valence-corrected chi connectivity index (χ0v) is 13.4. The monoisotopic (exact) mass is 336 g/mol. The molecule has 2 aliphatic heterocycles. The molecule has 0 aromatic heterocycles. The summed E-state index contributed by atoms with van der Waals surface area (Å²) in [6, 6.07) is 8.63. The Kier molecular flexibility index (Phi) is 4.13. The Morgan fingerprint density at radius 3 is 2.90 bits per heavy atom. The Labute approximate surface area is 128 Å². The summed E-state index contributed by atoms with van der Waals surface area (Å²) in [5.41, 5.74) is 1.25. The number of hydrogen-bond acceptors (Lipinski definition) is 2. The molecule has 2 heterocycles. The largest absolute Gasteiger partial charge is 0.335 e. The number of benzene rings is 1. The molecular formula is C16H21BrN2O. The highest BCUT2D eigenvalue weighted by atomic mass is 79.9. The van der Waals surface area contributed by atoms with Gasteiger partial charge in [0.2, 0.25) is 5.91 Å². The molecule has 108 valence electrons. The Balaban J connectivity index is 1.76. The number of halogens is 1. The lowest BCUT2D eigenvalue weighted by molar-refractivity contribution is -0.138. The number of likely N-dealkylation sites (tertiary alicyclic amines) is 1. The number of carbonyl (C=O) groups is 1. The molecule has 2 unspecified atom stereocenters. The lowest BCUT2D eigenvalue weighted by Crippen LogP contribution is -2.50. The van der Waals surface area contributed by atoms with Gasteiger partial charge in [-0.15, -0.1) is 0 Å². The molecule has 0 radical (unpaired) electrons. The van der Waals surface area contributed by atoms with Gasteiger partial charge in [-0.3, -0.25) is 4.79 Å². The van der Waals surface area contributed by atoms with E-state index in [1.165, 1.54) is 5.56 Å². The molecule has 0 spiro atoms. The van der Waals surface area contributed by atoms with Crippen LogP contribution in [-0.4, -0.2) is 30.4 Å². The van der Waals surface area contributed by atoms with Gasteiger partial charge in [0, 0.05) is 16.9 Å². The van der Waals surface area contributed by atoms with Gasteiger partial charge in [0.05, 0.1) is 6.04 Å². The van der Waals surface area contributed by atoms with Gasteiger partial charge in [-0.1, -0.05) is 35.0 Å². The molecule has 0 bridgehead atoms. The number of rotatable bonds is 3. The van der Waals surface area contributed by atoms with Crippen molar-refractivity contribution in [1.82, 2.24) is 10.2 Å². The summed E-state index contributed by atoms with van der Waals surface area (Å²) in [5.74, 6) is 0.995. The molecule has 2 saturated heterocycles. The summed E-state index contributed by atoms with van der Waals surface area (Å²) in [4.78, 5) is 14.8. The van der Waals surface area contributed by atoms with Crippen LogP contribution in [0.3, 0.4) is 0 Å². The summed E-state index contributed by atoms with van der Waals surface area (Å²) in [6.45, 7) is 4.97. The molecular weight excluding hydrogens is 316 g/mol. The molecule has 1 amide bonds. The van der Waals surface area contributed by atoms with E-state index in [1.807, 2.05) is 6.07 Å². The van der Waals surface area contributed by atoms with E-state index in [9.17, 15) is 4.79 Å². The van der Waals surface area contributed by atoms with E-state index >= 15 is 0 Å². The van der Waals surface area contributed by atoms with Crippen molar-refractivity contribution in [1.29, 1.82) is 0 Å². The fourth-order valence-electron chi connectivity index (χ4n) is 3.22. The van der Waals surface area contributed by atoms with E-state index in [4.69, 9.17) is 0 Å². The van der Waals surface area contributed by atoms with Crippen LogP contribution in [0.25, 0.3) is 0 Å². The summed E-state index contributed by atoms with van der Waals surface area (Å²) >= 11 is 3.53. The average molecular weight is 337 g/mol. The second-order valence-corrected chi connectivity index (χ2v) is 6.87. The lowest BCUT2D eigenvalue weighted by atomic mass is 9.87. The zero-order chi connectivity index (χ0) is 14.1. The second-order valence-electron chi connectivity index (χ2n) is 5.95. The first-order valence-electron chi connectivity index (χ1n) is 7.43. The van der Waals surface area contributed by atoms with Gasteiger partial charge in [-0.2, -0.15) is 0 Å². The number of nitrogens with zero attached hydrogens (tertiary/aromatic N) is 1. The van der Waals surface area contributed by atoms with Crippen molar-refractivity contribution in [2.75, 3.05) is 19.6 Å². The molecule has 3 rings (SSSR count). The van der Waals surface area contributed by atoms with Gasteiger partial charge in [0.1, 0.15) is 0 Å². The first-order valence-corrected chi connectivity index (χ1v) is 8.23. The van der Waals surface area contributed by atoms with Crippen LogP contribution in [0.2, 0.25) is 0 Å². The molecule has 1 aromatic rings. The SMILES string of the molecule is CC(C(=O)N1CCCC1c1cccc(Br)c1)C1CNC1. The Bertz CT molecular complexity index is 501. The van der Waals surface area contributed by atoms with Crippen molar-refractivity contribution in [3.8, 4) is 0 Å². The summed E-state index contributed by atoms with van der Waals surface area (Å²) < 4.78 is 1.09. The van der Waals surface area contributed by atoms with Crippen molar-refractivity contribution >= 4 is 21.8 Å². The van der Waals surface area contributed by atoms with Crippen LogP contribution < -0.4 is 5.32 Å². The van der Waals surface area contributed by atoms with Crippen LogP contribution in [0.4, 0.5) is 0 Å². The predicted octanol–water partition coefficient (Wildman–Crippen LogP) is 2.97. The zero-order valence-electron chi connectivity index (χ0n) is 11.8. The van der Waals surface area contributed by atoms with Gasteiger partial charge in [-0.25, -0.2) is 0 Å². The minimum absolute atomic E-state index is 0.143. The molecule has 1 aromatic carbocycles. The highest BCUT2D eigenvalue weighted by Gasteiger charge is 2.36. The number of nitrogens with one attached hydrogen (secondary N) is 1. The van der Waals surface area contributed by atoms with Crippen LogP contribution in [0.1, 0.15) is 31.4 Å². The molecule has 20 heavy (non-hydrogen) atoms. The first kappa shape index (κ1) is 14.1. The van der Waals surface area contributed by atoms with E-state index in [-0.39, 0.29) is 12.0 Å². The number of hydrogen-bond donors (Lipinski definition) is 1. The average Bonchev–Trinajstić information content (AvgIpc) is 2.84. The third-order valence-electron chi connectivity index (χ3n) is 4.68. The third-order valence-corrected chi connectivity index (χ3v) is 5.17. The van der Waals surface area contributed by atoms with E-state index in [2.05, 4.69) is 51.3 Å². The van der Waals surface area contributed by atoms with Crippen LogP contribution in [0, 0.1) is 11.8 Å². The molecule has 0 aliphatic carbocycles. The standard InChI is InChI=1S/C16H21BrN2O/c1-11(13-9-18-10-13)16(20)19-7-3-6-15(19)12-4-2-5-14(17)8-12/h2,4-5,8,11,13,15,18H,3,6-7,9-10H2,1H3. The Hall–Kier alpha value is -0.870. The molecule has 2 atom stereocenters. The smallest absolute Gasteiger partial charge is 0.226 e. The van der Waals surface area contributed by atoms with Crippen LogP contribution >= 0.6 is 15.9 Å². The number of carbonyl (C=O) groups excluding carboxylic acids is 1. The Morgan fingerprint density at radius 1 is 1.45 bits per heavy atom. The lowest BCUT2D eigenvalue weighted by Gasteiger charge is -2.35. The van der Waals surface area contributed by atoms with Crippen LogP contribution in [0.5, 0.6) is 0 Å². The van der Waals surface area contributed by atoms with Gasteiger partial charge in [-0.05, 0) is 49.5 Å². The van der Waals surface area contributed by atoms with E-state index in [1.54, 1.807) is 0 Å². The third kappa shape index (κ3) is 2.63. The fraction of sp³-hybridized carbons (Fsp3) is 0.562. The molecule has 3 nitrogen and oxygen atoms in total. The molecule has 0 saturated carbocycles. The fourth-order valence-corrected chi connectivity index (χ4v) is 3.64. The quantitative estimate of drug-likeness (QED) is 0.920. The van der Waals surface area contributed by atoms with Crippen molar-refractivity contribution in [3.63, 3.8) is 0 Å². The van der Waals surface area contributed by atoms with E-state index in [0.29, 0.717) is 11.8 Å². The van der Waals surface area contributed by atoms with Gasteiger partial charge < -0.3 is 10.2 Å². The minimum atomic E-state index is 0.143. The predicted molar refractivity (Wildman–Crippen MR) is 83.4 cm³/mol. The van der Waals surface area contributed by atoms with Gasteiger partial charge in [0.25, 0.3) is 0 Å². The Morgan fingerprint density at radius 2 is 2.25 bits per heavy atom. The normalized spacial score (nSPS) is 24.5. The van der Waals surface area contributed by atoms with Crippen molar-refractivity contribution in [3.05, 3.63) is 34.3 Å². The maximum absolute atomic E-state index is 12.7. The van der Waals surface area contributed by atoms with E-state index < -0.39 is 0 Å². The van der Waals surface area contributed by atoms with Gasteiger partial charge >= 0.3 is 0 Å². The summed E-state index contributed by atoms with van der Waals surface area (Å²) in [6.07, 6.45) is 2.19. The maximum atomic E-state index is 12.7. The van der Waals surface area contributed by atoms with Crippen molar-refractivity contribution in [2.45, 2.75) is 25.8 Å². The highest BCUT2D eigenvalue weighted by molar-refractivity contribution is 9.10.